The molecule has 0 atom stereocenters. The number of hydrogen-bond donors (Lipinski definition) is 1. The molecule has 0 saturated heterocycles. The molecule has 0 spiro atoms. The van der Waals surface area contributed by atoms with Crippen molar-refractivity contribution < 1.29 is 0 Å². The molecule has 0 bridgehead atoms. The average Bonchev–Trinajstić information content (AvgIpc) is 2.52. The van der Waals surface area contributed by atoms with Crippen molar-refractivity contribution in [2.24, 2.45) is 0 Å². The van der Waals surface area contributed by atoms with Crippen molar-refractivity contribution in [1.82, 2.24) is 4.98 Å². The minimum atomic E-state index is 0.906. The van der Waals surface area contributed by atoms with E-state index in [1.807, 2.05) is 12.3 Å². The zero-order chi connectivity index (χ0) is 15.6. The molecule has 2 aromatic rings. The molecule has 0 aliphatic heterocycles. The van der Waals surface area contributed by atoms with Crippen LogP contribution in [0.15, 0.2) is 42.6 Å². The van der Waals surface area contributed by atoms with E-state index < -0.39 is 0 Å². The van der Waals surface area contributed by atoms with Gasteiger partial charge in [0, 0.05) is 11.9 Å². The zero-order valence-electron chi connectivity index (χ0n) is 13.9. The zero-order valence-corrected chi connectivity index (χ0v) is 13.9. The highest BCUT2D eigenvalue weighted by Crippen LogP contribution is 2.17. The van der Waals surface area contributed by atoms with E-state index in [1.54, 1.807) is 0 Å². The van der Waals surface area contributed by atoms with Gasteiger partial charge in [0.1, 0.15) is 5.82 Å². The summed E-state index contributed by atoms with van der Waals surface area (Å²) in [6.45, 7) is 4.35. The van der Waals surface area contributed by atoms with Crippen LogP contribution in [0.4, 0.5) is 11.5 Å². The topological polar surface area (TPSA) is 24.9 Å². The maximum Gasteiger partial charge on any atom is 0.130 e. The molecule has 118 valence electrons. The Morgan fingerprint density at radius 2 is 1.64 bits per heavy atom. The van der Waals surface area contributed by atoms with E-state index in [2.05, 4.69) is 54.5 Å². The minimum absolute atomic E-state index is 0.906. The summed E-state index contributed by atoms with van der Waals surface area (Å²) in [7, 11) is 0. The Morgan fingerprint density at radius 3 is 2.36 bits per heavy atom. The third-order valence-corrected chi connectivity index (χ3v) is 3.96. The third kappa shape index (κ3) is 5.88. The Kier molecular flexibility index (Phi) is 6.95. The second kappa shape index (κ2) is 9.24. The molecular formula is C20H28N2. The summed E-state index contributed by atoms with van der Waals surface area (Å²) in [4.78, 5) is 4.33. The van der Waals surface area contributed by atoms with Crippen LogP contribution in [-0.4, -0.2) is 4.98 Å². The SMILES string of the molecule is CCCCCCCCc1ccc(Nc2cc(C)ccn2)cc1. The van der Waals surface area contributed by atoms with E-state index in [9.17, 15) is 0 Å². The quantitative estimate of drug-likeness (QED) is 0.571. The lowest BCUT2D eigenvalue weighted by atomic mass is 10.0. The fourth-order valence-electron chi connectivity index (χ4n) is 2.62. The number of nitrogens with one attached hydrogen (secondary N) is 1. The fraction of sp³-hybridized carbons (Fsp3) is 0.450. The summed E-state index contributed by atoms with van der Waals surface area (Å²) < 4.78 is 0. The van der Waals surface area contributed by atoms with Crippen LogP contribution in [0.2, 0.25) is 0 Å². The van der Waals surface area contributed by atoms with Crippen molar-refractivity contribution in [3.05, 3.63) is 53.7 Å². The van der Waals surface area contributed by atoms with Gasteiger partial charge in [0.15, 0.2) is 0 Å². The number of rotatable bonds is 9. The van der Waals surface area contributed by atoms with Crippen LogP contribution in [0.1, 0.15) is 56.6 Å². The molecule has 0 fully saturated rings. The summed E-state index contributed by atoms with van der Waals surface area (Å²) in [5, 5.41) is 3.35. The van der Waals surface area contributed by atoms with Crippen LogP contribution in [-0.2, 0) is 6.42 Å². The van der Waals surface area contributed by atoms with Crippen LogP contribution in [0.5, 0.6) is 0 Å². The van der Waals surface area contributed by atoms with E-state index in [4.69, 9.17) is 0 Å². The van der Waals surface area contributed by atoms with E-state index in [0.29, 0.717) is 0 Å². The summed E-state index contributed by atoms with van der Waals surface area (Å²) in [6, 6.07) is 12.8. The Hall–Kier alpha value is -1.83. The van der Waals surface area contributed by atoms with Crippen molar-refractivity contribution in [2.45, 2.75) is 58.8 Å². The first-order valence-corrected chi connectivity index (χ1v) is 8.56. The standard InChI is InChI=1S/C20H28N2/c1-3-4-5-6-7-8-9-18-10-12-19(13-11-18)22-20-16-17(2)14-15-21-20/h10-16H,3-9H2,1-2H3,(H,21,22). The highest BCUT2D eigenvalue weighted by molar-refractivity contribution is 5.56. The molecule has 1 aromatic heterocycles. The van der Waals surface area contributed by atoms with Gasteiger partial charge in [-0.15, -0.1) is 0 Å². The molecule has 1 heterocycles. The number of nitrogens with zero attached hydrogens (tertiary/aromatic N) is 1. The van der Waals surface area contributed by atoms with E-state index in [0.717, 1.165) is 11.5 Å². The van der Waals surface area contributed by atoms with Crippen LogP contribution in [0.25, 0.3) is 0 Å². The maximum absolute atomic E-state index is 4.33. The van der Waals surface area contributed by atoms with Gasteiger partial charge < -0.3 is 5.32 Å². The minimum Gasteiger partial charge on any atom is -0.340 e. The summed E-state index contributed by atoms with van der Waals surface area (Å²) >= 11 is 0. The van der Waals surface area contributed by atoms with Crippen molar-refractivity contribution in [2.75, 3.05) is 5.32 Å². The van der Waals surface area contributed by atoms with Crippen molar-refractivity contribution >= 4 is 11.5 Å². The molecule has 0 aliphatic rings. The molecule has 1 aromatic carbocycles. The first-order valence-electron chi connectivity index (χ1n) is 8.56. The fourth-order valence-corrected chi connectivity index (χ4v) is 2.62. The van der Waals surface area contributed by atoms with Gasteiger partial charge in [-0.25, -0.2) is 4.98 Å². The number of unbranched alkanes of at least 4 members (excludes halogenated alkanes) is 5. The van der Waals surface area contributed by atoms with Crippen LogP contribution >= 0.6 is 0 Å². The van der Waals surface area contributed by atoms with Crippen LogP contribution in [0.3, 0.4) is 0 Å². The third-order valence-electron chi connectivity index (χ3n) is 3.96. The molecule has 0 radical (unpaired) electrons. The number of aryl methyl sites for hydroxylation is 2. The summed E-state index contributed by atoms with van der Waals surface area (Å²) in [6.07, 6.45) is 11.2. The number of benzene rings is 1. The Labute approximate surface area is 135 Å². The van der Waals surface area contributed by atoms with E-state index >= 15 is 0 Å². The number of hydrogen-bond acceptors (Lipinski definition) is 2. The predicted molar refractivity (Wildman–Crippen MR) is 95.8 cm³/mol. The second-order valence-corrected chi connectivity index (χ2v) is 6.06. The van der Waals surface area contributed by atoms with Gasteiger partial charge in [0.05, 0.1) is 0 Å². The first kappa shape index (κ1) is 16.5. The smallest absolute Gasteiger partial charge is 0.130 e. The van der Waals surface area contributed by atoms with Gasteiger partial charge >= 0.3 is 0 Å². The molecule has 0 unspecified atom stereocenters. The van der Waals surface area contributed by atoms with Gasteiger partial charge in [-0.3, -0.25) is 0 Å². The van der Waals surface area contributed by atoms with Gasteiger partial charge in [0.25, 0.3) is 0 Å². The highest BCUT2D eigenvalue weighted by Gasteiger charge is 1.98. The van der Waals surface area contributed by atoms with Crippen molar-refractivity contribution in [3.8, 4) is 0 Å². The van der Waals surface area contributed by atoms with Crippen molar-refractivity contribution in [1.29, 1.82) is 0 Å². The van der Waals surface area contributed by atoms with Gasteiger partial charge in [-0.2, -0.15) is 0 Å². The monoisotopic (exact) mass is 296 g/mol. The van der Waals surface area contributed by atoms with E-state index in [1.165, 1.54) is 56.1 Å². The number of anilines is 2. The number of pyridine rings is 1. The normalized spacial score (nSPS) is 10.6. The lowest BCUT2D eigenvalue weighted by Crippen LogP contribution is -1.94. The lowest BCUT2D eigenvalue weighted by Gasteiger charge is -2.07. The molecule has 22 heavy (non-hydrogen) atoms. The second-order valence-electron chi connectivity index (χ2n) is 6.06. The van der Waals surface area contributed by atoms with Gasteiger partial charge in [-0.1, -0.05) is 51.2 Å². The van der Waals surface area contributed by atoms with Crippen LogP contribution in [0, 0.1) is 6.92 Å². The van der Waals surface area contributed by atoms with Crippen LogP contribution < -0.4 is 5.32 Å². The Morgan fingerprint density at radius 1 is 0.909 bits per heavy atom. The molecule has 2 heteroatoms. The first-order chi connectivity index (χ1) is 10.8. The molecule has 0 saturated carbocycles. The molecule has 0 aliphatic carbocycles. The summed E-state index contributed by atoms with van der Waals surface area (Å²) in [5.74, 6) is 0.906. The van der Waals surface area contributed by atoms with Gasteiger partial charge in [-0.05, 0) is 55.2 Å². The maximum atomic E-state index is 4.33. The number of aromatic nitrogens is 1. The highest BCUT2D eigenvalue weighted by atomic mass is 15.0. The van der Waals surface area contributed by atoms with E-state index in [-0.39, 0.29) is 0 Å². The summed E-state index contributed by atoms with van der Waals surface area (Å²) in [5.41, 5.74) is 3.75. The molecule has 1 N–H and O–H groups in total. The molecule has 2 rings (SSSR count). The average molecular weight is 296 g/mol. The Balaban J connectivity index is 1.75. The molecule has 0 amide bonds. The largest absolute Gasteiger partial charge is 0.340 e. The lowest BCUT2D eigenvalue weighted by molar-refractivity contribution is 0.607. The predicted octanol–water partition coefficient (Wildman–Crippen LogP) is 6.04. The van der Waals surface area contributed by atoms with Gasteiger partial charge in [0.2, 0.25) is 0 Å². The molecule has 2 nitrogen and oxygen atoms in total. The Bertz CT molecular complexity index is 546. The molecular weight excluding hydrogens is 268 g/mol. The van der Waals surface area contributed by atoms with Crippen molar-refractivity contribution in [3.63, 3.8) is 0 Å².